The second kappa shape index (κ2) is 8.84. The Balaban J connectivity index is 1.51. The molecule has 5 nitrogen and oxygen atoms in total. The lowest BCUT2D eigenvalue weighted by Crippen LogP contribution is -2.25. The molecule has 0 bridgehead atoms. The fourth-order valence-electron chi connectivity index (χ4n) is 3.77. The van der Waals surface area contributed by atoms with Gasteiger partial charge in [-0.25, -0.2) is 4.98 Å². The van der Waals surface area contributed by atoms with Crippen molar-refractivity contribution in [3.8, 4) is 5.75 Å². The number of ether oxygens (including phenoxy) is 1. The smallest absolute Gasteiger partial charge is 0.119 e. The number of H-pyrrole nitrogens is 1. The van der Waals surface area contributed by atoms with Gasteiger partial charge < -0.3 is 14.3 Å². The molecule has 1 aromatic carbocycles. The van der Waals surface area contributed by atoms with Crippen LogP contribution in [0.15, 0.2) is 49.1 Å². The average molecular weight is 409 g/mol. The number of hydrogen-bond donors (Lipinski definition) is 1. The van der Waals surface area contributed by atoms with E-state index in [9.17, 15) is 0 Å². The Hall–Kier alpha value is -2.57. The second-order valence-electron chi connectivity index (χ2n) is 7.52. The molecule has 152 valence electrons. The van der Waals surface area contributed by atoms with Crippen LogP contribution in [0.25, 0.3) is 10.9 Å². The number of fused-ring (bicyclic) bond motifs is 1. The number of imidazole rings is 1. The van der Waals surface area contributed by atoms with Gasteiger partial charge in [-0.2, -0.15) is 0 Å². The highest BCUT2D eigenvalue weighted by molar-refractivity contribution is 7.11. The molecule has 0 unspecified atom stereocenters. The number of hydrogen-bond acceptors (Lipinski definition) is 4. The fraction of sp³-hybridized carbons (Fsp3) is 0.348. The van der Waals surface area contributed by atoms with Crippen molar-refractivity contribution in [1.29, 1.82) is 0 Å². The highest BCUT2D eigenvalue weighted by Crippen LogP contribution is 2.27. The van der Waals surface area contributed by atoms with Crippen molar-refractivity contribution < 1.29 is 4.74 Å². The highest BCUT2D eigenvalue weighted by Gasteiger charge is 2.14. The van der Waals surface area contributed by atoms with Crippen molar-refractivity contribution in [3.05, 3.63) is 70.1 Å². The van der Waals surface area contributed by atoms with Gasteiger partial charge in [-0.3, -0.25) is 4.90 Å². The molecule has 0 aliphatic heterocycles. The lowest BCUT2D eigenvalue weighted by Gasteiger charge is -2.22. The van der Waals surface area contributed by atoms with Crippen molar-refractivity contribution in [2.24, 2.45) is 0 Å². The normalized spacial score (nSPS) is 11.6. The summed E-state index contributed by atoms with van der Waals surface area (Å²) in [7, 11) is 1.72. The van der Waals surface area contributed by atoms with Crippen LogP contribution in [0.3, 0.4) is 0 Å². The summed E-state index contributed by atoms with van der Waals surface area (Å²) in [6.45, 7) is 8.28. The molecule has 29 heavy (non-hydrogen) atoms. The van der Waals surface area contributed by atoms with E-state index in [2.05, 4.69) is 57.5 Å². The Labute approximate surface area is 176 Å². The SMILES string of the molecule is COc1ccc2[nH]c(CN(CCCn3ccnc3)Cc3ccc(C)s3)c(C)c2c1. The van der Waals surface area contributed by atoms with E-state index < -0.39 is 0 Å². The summed E-state index contributed by atoms with van der Waals surface area (Å²) in [5.41, 5.74) is 3.76. The standard InChI is InChI=1S/C23H28N4OS/c1-17-5-7-20(29-17)14-27(11-4-10-26-12-9-24-16-26)15-23-18(2)21-13-19(28-3)6-8-22(21)25-23/h5-9,12-13,16,25H,4,10-11,14-15H2,1-3H3. The van der Waals surface area contributed by atoms with Crippen LogP contribution >= 0.6 is 11.3 Å². The number of nitrogens with one attached hydrogen (secondary N) is 1. The first-order chi connectivity index (χ1) is 14.1. The lowest BCUT2D eigenvalue weighted by atomic mass is 10.1. The van der Waals surface area contributed by atoms with Gasteiger partial charge in [0.05, 0.1) is 13.4 Å². The van der Waals surface area contributed by atoms with E-state index in [0.717, 1.165) is 38.3 Å². The predicted octanol–water partition coefficient (Wildman–Crippen LogP) is 5.14. The van der Waals surface area contributed by atoms with Crippen molar-refractivity contribution in [1.82, 2.24) is 19.4 Å². The first-order valence-corrected chi connectivity index (χ1v) is 10.8. The molecule has 6 heteroatoms. The van der Waals surface area contributed by atoms with Crippen LogP contribution in [0.5, 0.6) is 5.75 Å². The predicted molar refractivity (Wildman–Crippen MR) is 120 cm³/mol. The van der Waals surface area contributed by atoms with E-state index in [-0.39, 0.29) is 0 Å². The molecule has 4 aromatic rings. The maximum Gasteiger partial charge on any atom is 0.119 e. The molecular weight excluding hydrogens is 380 g/mol. The number of thiophene rings is 1. The van der Waals surface area contributed by atoms with Gasteiger partial charge in [0, 0.05) is 64.9 Å². The van der Waals surface area contributed by atoms with Crippen LogP contribution < -0.4 is 4.74 Å². The molecule has 4 rings (SSSR count). The van der Waals surface area contributed by atoms with Gasteiger partial charge in [0.15, 0.2) is 0 Å². The molecule has 0 spiro atoms. The summed E-state index contributed by atoms with van der Waals surface area (Å²) in [6, 6.07) is 10.7. The molecule has 0 saturated heterocycles. The van der Waals surface area contributed by atoms with Gasteiger partial charge in [-0.15, -0.1) is 11.3 Å². The molecule has 3 heterocycles. The van der Waals surface area contributed by atoms with Crippen LogP contribution in [-0.2, 0) is 19.6 Å². The molecular formula is C23H28N4OS. The number of aryl methyl sites for hydroxylation is 3. The van der Waals surface area contributed by atoms with E-state index in [1.807, 2.05) is 36.1 Å². The summed E-state index contributed by atoms with van der Waals surface area (Å²) in [5, 5.41) is 1.24. The van der Waals surface area contributed by atoms with Gasteiger partial charge >= 0.3 is 0 Å². The molecule has 0 atom stereocenters. The zero-order chi connectivity index (χ0) is 20.2. The maximum absolute atomic E-state index is 5.41. The summed E-state index contributed by atoms with van der Waals surface area (Å²) < 4.78 is 7.55. The molecule has 0 fully saturated rings. The third-order valence-electron chi connectivity index (χ3n) is 5.38. The van der Waals surface area contributed by atoms with Crippen molar-refractivity contribution >= 4 is 22.2 Å². The summed E-state index contributed by atoms with van der Waals surface area (Å²) in [6.07, 6.45) is 6.85. The Morgan fingerprint density at radius 1 is 1.17 bits per heavy atom. The number of aromatic amines is 1. The number of aromatic nitrogens is 3. The molecule has 0 saturated carbocycles. The zero-order valence-corrected chi connectivity index (χ0v) is 18.1. The van der Waals surface area contributed by atoms with Gasteiger partial charge in [-0.1, -0.05) is 0 Å². The van der Waals surface area contributed by atoms with Crippen molar-refractivity contribution in [2.75, 3.05) is 13.7 Å². The molecule has 3 aromatic heterocycles. The number of rotatable bonds is 9. The van der Waals surface area contributed by atoms with E-state index in [0.29, 0.717) is 0 Å². The van der Waals surface area contributed by atoms with E-state index in [1.54, 1.807) is 7.11 Å². The topological polar surface area (TPSA) is 46.1 Å². The number of nitrogens with zero attached hydrogens (tertiary/aromatic N) is 3. The van der Waals surface area contributed by atoms with Gasteiger partial charge in [0.25, 0.3) is 0 Å². The average Bonchev–Trinajstić information content (AvgIpc) is 3.44. The number of benzene rings is 1. The quantitative estimate of drug-likeness (QED) is 0.417. The van der Waals surface area contributed by atoms with Crippen molar-refractivity contribution in [2.45, 2.75) is 39.9 Å². The molecule has 0 radical (unpaired) electrons. The summed E-state index contributed by atoms with van der Waals surface area (Å²) in [5.74, 6) is 0.900. The minimum absolute atomic E-state index is 0.900. The van der Waals surface area contributed by atoms with Crippen LogP contribution in [0, 0.1) is 13.8 Å². The third-order valence-corrected chi connectivity index (χ3v) is 6.36. The monoisotopic (exact) mass is 408 g/mol. The highest BCUT2D eigenvalue weighted by atomic mass is 32.1. The minimum atomic E-state index is 0.900. The summed E-state index contributed by atoms with van der Waals surface area (Å²) >= 11 is 1.89. The van der Waals surface area contributed by atoms with Crippen LogP contribution in [0.4, 0.5) is 0 Å². The Kier molecular flexibility index (Phi) is 6.02. The van der Waals surface area contributed by atoms with Crippen LogP contribution in [-0.4, -0.2) is 33.1 Å². The Morgan fingerprint density at radius 3 is 2.79 bits per heavy atom. The Morgan fingerprint density at radius 2 is 2.07 bits per heavy atom. The second-order valence-corrected chi connectivity index (χ2v) is 8.89. The van der Waals surface area contributed by atoms with Crippen molar-refractivity contribution in [3.63, 3.8) is 0 Å². The van der Waals surface area contributed by atoms with Crippen LogP contribution in [0.1, 0.15) is 27.4 Å². The van der Waals surface area contributed by atoms with E-state index >= 15 is 0 Å². The molecule has 0 aliphatic rings. The van der Waals surface area contributed by atoms with Gasteiger partial charge in [0.2, 0.25) is 0 Å². The minimum Gasteiger partial charge on any atom is -0.497 e. The fourth-order valence-corrected chi connectivity index (χ4v) is 4.70. The Bertz CT molecular complexity index is 1060. The van der Waals surface area contributed by atoms with E-state index in [4.69, 9.17) is 4.74 Å². The largest absolute Gasteiger partial charge is 0.497 e. The maximum atomic E-state index is 5.41. The zero-order valence-electron chi connectivity index (χ0n) is 17.3. The van der Waals surface area contributed by atoms with Gasteiger partial charge in [0.1, 0.15) is 5.75 Å². The molecule has 0 amide bonds. The van der Waals surface area contributed by atoms with Gasteiger partial charge in [-0.05, 0) is 56.2 Å². The molecule has 0 aliphatic carbocycles. The first kappa shape index (κ1) is 19.7. The van der Waals surface area contributed by atoms with E-state index in [1.165, 1.54) is 31.9 Å². The third kappa shape index (κ3) is 4.71. The lowest BCUT2D eigenvalue weighted by molar-refractivity contribution is 0.248. The summed E-state index contributed by atoms with van der Waals surface area (Å²) in [4.78, 5) is 13.1. The number of methoxy groups -OCH3 is 1. The van der Waals surface area contributed by atoms with Crippen LogP contribution in [0.2, 0.25) is 0 Å². The first-order valence-electron chi connectivity index (χ1n) is 10.0. The molecule has 1 N–H and O–H groups in total.